The molecule has 5 aromatic rings. The maximum atomic E-state index is 14.0. The molecule has 0 unspecified atom stereocenters. The van der Waals surface area contributed by atoms with Crippen molar-refractivity contribution in [1.82, 2.24) is 20.1 Å². The van der Waals surface area contributed by atoms with E-state index in [0.717, 1.165) is 33.5 Å². The molecule has 6 rings (SSSR count). The summed E-state index contributed by atoms with van der Waals surface area (Å²) in [6.45, 7) is 2.07. The van der Waals surface area contributed by atoms with Crippen LogP contribution in [0.1, 0.15) is 27.5 Å². The number of pyridine rings is 1. The third-order valence-corrected chi connectivity index (χ3v) is 8.68. The van der Waals surface area contributed by atoms with Gasteiger partial charge in [-0.05, 0) is 60.5 Å². The first-order valence-electron chi connectivity index (χ1n) is 13.7. The number of halogens is 2. The number of thioether (sulfide) groups is 1. The molecule has 3 aromatic carbocycles. The predicted octanol–water partition coefficient (Wildman–Crippen LogP) is 6.52. The molecule has 0 fully saturated rings. The van der Waals surface area contributed by atoms with E-state index in [0.29, 0.717) is 16.5 Å². The second-order valence-electron chi connectivity index (χ2n) is 10.2. The highest BCUT2D eigenvalue weighted by molar-refractivity contribution is 8.00. The molecule has 1 N–H and O–H groups in total. The van der Waals surface area contributed by atoms with E-state index >= 15 is 0 Å². The molecule has 43 heavy (non-hydrogen) atoms. The lowest BCUT2D eigenvalue weighted by molar-refractivity contribution is -0.123. The van der Waals surface area contributed by atoms with Gasteiger partial charge < -0.3 is 5.32 Å². The van der Waals surface area contributed by atoms with E-state index in [9.17, 15) is 14.0 Å². The summed E-state index contributed by atoms with van der Waals surface area (Å²) >= 11 is 7.66. The number of nitrogens with one attached hydrogen (secondary N) is 1. The first-order chi connectivity index (χ1) is 20.9. The third-order valence-electron chi connectivity index (χ3n) is 7.17. The van der Waals surface area contributed by atoms with Crippen LogP contribution in [0.2, 0.25) is 5.02 Å². The highest BCUT2D eigenvalue weighted by Crippen LogP contribution is 2.48. The number of amides is 2. The van der Waals surface area contributed by atoms with Gasteiger partial charge in [-0.25, -0.2) is 9.07 Å². The number of aromatic nitrogens is 3. The molecule has 3 heterocycles. The van der Waals surface area contributed by atoms with E-state index in [1.165, 1.54) is 28.8 Å². The fourth-order valence-electron chi connectivity index (χ4n) is 5.01. The summed E-state index contributed by atoms with van der Waals surface area (Å²) in [4.78, 5) is 32.8. The van der Waals surface area contributed by atoms with Crippen LogP contribution < -0.4 is 10.2 Å². The lowest BCUT2D eigenvalue weighted by atomic mass is 9.99. The number of benzene rings is 3. The largest absolute Gasteiger partial charge is 0.350 e. The van der Waals surface area contributed by atoms with Crippen LogP contribution in [0.25, 0.3) is 16.9 Å². The van der Waals surface area contributed by atoms with Crippen molar-refractivity contribution in [1.29, 1.82) is 0 Å². The quantitative estimate of drug-likeness (QED) is 0.227. The van der Waals surface area contributed by atoms with Crippen molar-refractivity contribution in [2.24, 2.45) is 0 Å². The van der Waals surface area contributed by atoms with Crippen LogP contribution in [0.15, 0.2) is 97.3 Å². The number of hydrogen-bond donors (Lipinski definition) is 1. The van der Waals surface area contributed by atoms with Gasteiger partial charge in [-0.15, -0.1) is 11.8 Å². The van der Waals surface area contributed by atoms with Gasteiger partial charge in [0.15, 0.2) is 0 Å². The number of carbonyl (C=O) groups is 2. The van der Waals surface area contributed by atoms with Crippen molar-refractivity contribution in [2.45, 2.75) is 18.7 Å². The van der Waals surface area contributed by atoms with E-state index in [2.05, 4.69) is 10.3 Å². The van der Waals surface area contributed by atoms with Crippen LogP contribution >= 0.6 is 23.4 Å². The van der Waals surface area contributed by atoms with Crippen LogP contribution in [0.4, 0.5) is 10.2 Å². The summed E-state index contributed by atoms with van der Waals surface area (Å²) in [5, 5.41) is 8.19. The average Bonchev–Trinajstić information content (AvgIpc) is 3.34. The zero-order chi connectivity index (χ0) is 29.9. The summed E-state index contributed by atoms with van der Waals surface area (Å²) in [6.07, 6.45) is 3.35. The van der Waals surface area contributed by atoms with E-state index in [-0.39, 0.29) is 41.7 Å². The van der Waals surface area contributed by atoms with E-state index in [1.54, 1.807) is 47.4 Å². The SMILES string of the molecule is Cc1ccc(-n2nc(-c3ccc(Cl)cc3)c3c2N(CC(=O)NCc2cccnc2)C(=O)CS[C@@H]3c2ccc(F)cc2)cc1. The summed E-state index contributed by atoms with van der Waals surface area (Å²) in [5.74, 6) is -0.296. The molecule has 216 valence electrons. The molecule has 0 aliphatic carbocycles. The van der Waals surface area contributed by atoms with Gasteiger partial charge in [-0.1, -0.05) is 59.6 Å². The van der Waals surface area contributed by atoms with Crippen LogP contribution in [-0.2, 0) is 16.1 Å². The molecule has 0 radical (unpaired) electrons. The van der Waals surface area contributed by atoms with Gasteiger partial charge in [0.25, 0.3) is 0 Å². The number of nitrogens with zero attached hydrogens (tertiary/aromatic N) is 4. The van der Waals surface area contributed by atoms with Gasteiger partial charge in [-0.3, -0.25) is 19.5 Å². The Morgan fingerprint density at radius 2 is 1.79 bits per heavy atom. The Balaban J connectivity index is 1.52. The van der Waals surface area contributed by atoms with Crippen molar-refractivity contribution in [2.75, 3.05) is 17.2 Å². The van der Waals surface area contributed by atoms with Crippen molar-refractivity contribution >= 4 is 41.0 Å². The zero-order valence-electron chi connectivity index (χ0n) is 23.2. The monoisotopic (exact) mass is 611 g/mol. The van der Waals surface area contributed by atoms with Gasteiger partial charge in [-0.2, -0.15) is 5.10 Å². The Labute approximate surface area is 257 Å². The van der Waals surface area contributed by atoms with Gasteiger partial charge >= 0.3 is 0 Å². The Hall–Kier alpha value is -4.47. The number of carbonyl (C=O) groups excluding carboxylic acids is 2. The molecule has 0 bridgehead atoms. The molecular formula is C33H27ClFN5O2S. The van der Waals surface area contributed by atoms with Crippen LogP contribution in [0, 0.1) is 12.7 Å². The minimum Gasteiger partial charge on any atom is -0.350 e. The summed E-state index contributed by atoms with van der Waals surface area (Å²) in [7, 11) is 0. The van der Waals surface area contributed by atoms with Crippen LogP contribution in [-0.4, -0.2) is 38.9 Å². The number of aryl methyl sites for hydroxylation is 1. The molecular weight excluding hydrogens is 585 g/mol. The highest BCUT2D eigenvalue weighted by Gasteiger charge is 2.37. The fourth-order valence-corrected chi connectivity index (χ4v) is 6.33. The maximum absolute atomic E-state index is 14.0. The van der Waals surface area contributed by atoms with Crippen molar-refractivity contribution in [3.8, 4) is 16.9 Å². The van der Waals surface area contributed by atoms with Crippen LogP contribution in [0.5, 0.6) is 0 Å². The number of hydrogen-bond acceptors (Lipinski definition) is 5. The van der Waals surface area contributed by atoms with E-state index < -0.39 is 0 Å². The van der Waals surface area contributed by atoms with Gasteiger partial charge in [0.05, 0.1) is 22.4 Å². The second-order valence-corrected chi connectivity index (χ2v) is 11.7. The molecule has 0 saturated heterocycles. The summed E-state index contributed by atoms with van der Waals surface area (Å²) in [5.41, 5.74) is 5.68. The summed E-state index contributed by atoms with van der Waals surface area (Å²) in [6, 6.07) is 25.1. The lowest BCUT2D eigenvalue weighted by Crippen LogP contribution is -2.42. The number of fused-ring (bicyclic) bond motifs is 1. The third kappa shape index (κ3) is 6.18. The van der Waals surface area contributed by atoms with Gasteiger partial charge in [0.1, 0.15) is 18.2 Å². The Bertz CT molecular complexity index is 1760. The van der Waals surface area contributed by atoms with Crippen molar-refractivity contribution < 1.29 is 14.0 Å². The van der Waals surface area contributed by atoms with Crippen molar-refractivity contribution in [3.63, 3.8) is 0 Å². The minimum atomic E-state index is -0.368. The Morgan fingerprint density at radius 3 is 2.49 bits per heavy atom. The fraction of sp³-hybridized carbons (Fsp3) is 0.152. The van der Waals surface area contributed by atoms with Gasteiger partial charge in [0.2, 0.25) is 11.8 Å². The van der Waals surface area contributed by atoms with E-state index in [4.69, 9.17) is 16.7 Å². The molecule has 1 aliphatic heterocycles. The second kappa shape index (κ2) is 12.4. The first-order valence-corrected chi connectivity index (χ1v) is 15.1. The topological polar surface area (TPSA) is 80.1 Å². The van der Waals surface area contributed by atoms with E-state index in [1.807, 2.05) is 49.4 Å². The van der Waals surface area contributed by atoms with Gasteiger partial charge in [0, 0.05) is 35.1 Å². The molecule has 1 aliphatic rings. The van der Waals surface area contributed by atoms with Crippen LogP contribution in [0.3, 0.4) is 0 Å². The number of anilines is 1. The molecule has 2 aromatic heterocycles. The molecule has 2 amide bonds. The highest BCUT2D eigenvalue weighted by atomic mass is 35.5. The maximum Gasteiger partial charge on any atom is 0.240 e. The smallest absolute Gasteiger partial charge is 0.240 e. The molecule has 0 spiro atoms. The average molecular weight is 612 g/mol. The standard InChI is InChI=1S/C33H27ClFN5O2S/c1-21-4-14-27(15-5-21)40-33-30(31(38-40)23-6-10-25(34)11-7-23)32(24-8-12-26(35)13-9-24)43-20-29(42)39(33)19-28(41)37-18-22-3-2-16-36-17-22/h2-17,32H,18-20H2,1H3,(H,37,41)/t32-/m1/s1. The molecule has 0 saturated carbocycles. The molecule has 7 nitrogen and oxygen atoms in total. The lowest BCUT2D eigenvalue weighted by Gasteiger charge is -2.23. The predicted molar refractivity (Wildman–Crippen MR) is 168 cm³/mol. The Kier molecular flexibility index (Phi) is 8.26. The summed E-state index contributed by atoms with van der Waals surface area (Å²) < 4.78 is 15.7. The minimum absolute atomic E-state index is 0.112. The Morgan fingerprint density at radius 1 is 1.05 bits per heavy atom. The zero-order valence-corrected chi connectivity index (χ0v) is 24.8. The molecule has 10 heteroatoms. The molecule has 1 atom stereocenters. The number of rotatable bonds is 7. The normalized spacial score (nSPS) is 14.7. The van der Waals surface area contributed by atoms with Crippen molar-refractivity contribution in [3.05, 3.63) is 130 Å². The first kappa shape index (κ1) is 28.6.